The second-order valence-electron chi connectivity index (χ2n) is 7.23. The number of hydrogen-bond donors (Lipinski definition) is 1. The van der Waals surface area contributed by atoms with E-state index in [0.29, 0.717) is 15.9 Å². The molecule has 0 unspecified atom stereocenters. The highest BCUT2D eigenvalue weighted by atomic mass is 35.5. The topological polar surface area (TPSA) is 72.2 Å². The number of fused-ring (bicyclic) bond motifs is 5. The van der Waals surface area contributed by atoms with Gasteiger partial charge in [-0.05, 0) is 43.4 Å². The highest BCUT2D eigenvalue weighted by molar-refractivity contribution is 7.99. The molecule has 3 heterocycles. The van der Waals surface area contributed by atoms with Crippen LogP contribution in [0.1, 0.15) is 36.0 Å². The van der Waals surface area contributed by atoms with E-state index >= 15 is 0 Å². The van der Waals surface area contributed by atoms with Crippen LogP contribution >= 0.6 is 34.7 Å². The Labute approximate surface area is 187 Å². The van der Waals surface area contributed by atoms with Crippen molar-refractivity contribution in [2.75, 3.05) is 11.1 Å². The summed E-state index contributed by atoms with van der Waals surface area (Å²) in [4.78, 5) is 19.9. The molecule has 1 aliphatic carbocycles. The molecule has 30 heavy (non-hydrogen) atoms. The van der Waals surface area contributed by atoms with Gasteiger partial charge in [0, 0.05) is 11.3 Å². The zero-order valence-electron chi connectivity index (χ0n) is 16.4. The molecule has 0 radical (unpaired) electrons. The van der Waals surface area contributed by atoms with E-state index in [2.05, 4.69) is 22.4 Å². The van der Waals surface area contributed by atoms with Gasteiger partial charge in [0.2, 0.25) is 5.91 Å². The molecule has 0 fully saturated rings. The van der Waals surface area contributed by atoms with Crippen LogP contribution in [0, 0.1) is 0 Å². The molecule has 0 atom stereocenters. The van der Waals surface area contributed by atoms with E-state index in [1.165, 1.54) is 35.0 Å². The number of carbonyl (C=O) groups excluding carboxylic acids is 1. The van der Waals surface area contributed by atoms with Crippen LogP contribution in [-0.4, -0.2) is 31.2 Å². The van der Waals surface area contributed by atoms with Gasteiger partial charge in [-0.2, -0.15) is 0 Å². The van der Waals surface area contributed by atoms with Crippen LogP contribution in [0.25, 0.3) is 15.9 Å². The number of aromatic nitrogens is 4. The number of carbonyl (C=O) groups is 1. The first-order chi connectivity index (χ1) is 14.7. The van der Waals surface area contributed by atoms with Gasteiger partial charge < -0.3 is 5.32 Å². The molecule has 3 aromatic heterocycles. The summed E-state index contributed by atoms with van der Waals surface area (Å²) in [6.45, 7) is 2.08. The van der Waals surface area contributed by atoms with Gasteiger partial charge in [-0.3, -0.25) is 9.20 Å². The molecule has 1 amide bonds. The second-order valence-corrected chi connectivity index (χ2v) is 9.66. The molecule has 0 saturated carbocycles. The molecule has 6 nitrogen and oxygen atoms in total. The fourth-order valence-electron chi connectivity index (χ4n) is 3.90. The molecular weight excluding hydrogens is 438 g/mol. The largest absolute Gasteiger partial charge is 0.324 e. The lowest BCUT2D eigenvalue weighted by Gasteiger charge is -2.11. The van der Waals surface area contributed by atoms with Crippen LogP contribution in [0.5, 0.6) is 0 Å². The van der Waals surface area contributed by atoms with E-state index in [1.807, 2.05) is 16.5 Å². The number of thiophene rings is 1. The summed E-state index contributed by atoms with van der Waals surface area (Å²) in [5.74, 6) is 1.01. The normalized spacial score (nSPS) is 13.7. The van der Waals surface area contributed by atoms with Crippen LogP contribution in [0.4, 0.5) is 5.69 Å². The van der Waals surface area contributed by atoms with Gasteiger partial charge in [0.1, 0.15) is 10.7 Å². The first kappa shape index (κ1) is 19.8. The molecule has 9 heteroatoms. The van der Waals surface area contributed by atoms with Crippen LogP contribution in [-0.2, 0) is 24.1 Å². The minimum atomic E-state index is -0.134. The highest BCUT2D eigenvalue weighted by Crippen LogP contribution is 2.38. The number of benzene rings is 1. The monoisotopic (exact) mass is 457 g/mol. The van der Waals surface area contributed by atoms with E-state index in [9.17, 15) is 4.79 Å². The third-order valence-electron chi connectivity index (χ3n) is 5.29. The van der Waals surface area contributed by atoms with Crippen molar-refractivity contribution >= 4 is 62.2 Å². The number of rotatable bonds is 5. The summed E-state index contributed by atoms with van der Waals surface area (Å²) in [7, 11) is 0. The number of aryl methyl sites for hydroxylation is 3. The van der Waals surface area contributed by atoms with Crippen LogP contribution in [0.15, 0.2) is 29.4 Å². The SMILES string of the molecule is CCc1nc2sc3c(c2c2nnc(SCC(=O)Nc4ccccc4Cl)n12)CCCC3. The Morgan fingerprint density at radius 3 is 2.93 bits per heavy atom. The van der Waals surface area contributed by atoms with Crippen molar-refractivity contribution in [3.8, 4) is 0 Å². The highest BCUT2D eigenvalue weighted by Gasteiger charge is 2.23. The number of nitrogens with zero attached hydrogens (tertiary/aromatic N) is 4. The minimum absolute atomic E-state index is 0.134. The third-order valence-corrected chi connectivity index (χ3v) is 7.74. The third kappa shape index (κ3) is 3.46. The van der Waals surface area contributed by atoms with E-state index in [-0.39, 0.29) is 11.7 Å². The van der Waals surface area contributed by atoms with Crippen LogP contribution < -0.4 is 5.32 Å². The summed E-state index contributed by atoms with van der Waals surface area (Å²) < 4.78 is 2.03. The Bertz CT molecular complexity index is 1270. The molecule has 1 aromatic carbocycles. The quantitative estimate of drug-likeness (QED) is 0.419. The van der Waals surface area contributed by atoms with E-state index in [4.69, 9.17) is 16.6 Å². The Morgan fingerprint density at radius 2 is 2.10 bits per heavy atom. The summed E-state index contributed by atoms with van der Waals surface area (Å²) in [6, 6.07) is 7.21. The number of anilines is 1. The Hall–Kier alpha value is -2.16. The van der Waals surface area contributed by atoms with Crippen molar-refractivity contribution in [2.24, 2.45) is 0 Å². The zero-order valence-corrected chi connectivity index (χ0v) is 18.8. The summed E-state index contributed by atoms with van der Waals surface area (Å²) in [5, 5.41) is 14.1. The van der Waals surface area contributed by atoms with Crippen molar-refractivity contribution in [1.29, 1.82) is 0 Å². The van der Waals surface area contributed by atoms with E-state index < -0.39 is 0 Å². The van der Waals surface area contributed by atoms with Gasteiger partial charge in [0.05, 0.1) is 21.8 Å². The molecular formula is C21H20ClN5OS2. The number of hydrogen-bond acceptors (Lipinski definition) is 6. The van der Waals surface area contributed by atoms with Crippen molar-refractivity contribution in [3.63, 3.8) is 0 Å². The minimum Gasteiger partial charge on any atom is -0.324 e. The molecule has 0 spiro atoms. The summed E-state index contributed by atoms with van der Waals surface area (Å²) in [5.41, 5.74) is 2.87. The van der Waals surface area contributed by atoms with Crippen molar-refractivity contribution < 1.29 is 4.79 Å². The Balaban J connectivity index is 1.46. The lowest BCUT2D eigenvalue weighted by molar-refractivity contribution is -0.113. The molecule has 0 bridgehead atoms. The molecule has 154 valence electrons. The maximum absolute atomic E-state index is 12.5. The van der Waals surface area contributed by atoms with Gasteiger partial charge in [-0.15, -0.1) is 21.5 Å². The molecule has 4 aromatic rings. The average Bonchev–Trinajstić information content (AvgIpc) is 3.34. The maximum Gasteiger partial charge on any atom is 0.234 e. The molecule has 1 N–H and O–H groups in total. The summed E-state index contributed by atoms with van der Waals surface area (Å²) in [6.07, 6.45) is 5.42. The van der Waals surface area contributed by atoms with E-state index in [1.54, 1.807) is 23.5 Å². The number of halogens is 1. The lowest BCUT2D eigenvalue weighted by atomic mass is 9.97. The molecule has 0 aliphatic heterocycles. The molecule has 1 aliphatic rings. The first-order valence-electron chi connectivity index (χ1n) is 10.0. The fourth-order valence-corrected chi connectivity index (χ4v) is 6.11. The van der Waals surface area contributed by atoms with Crippen LogP contribution in [0.2, 0.25) is 5.02 Å². The molecule has 0 saturated heterocycles. The van der Waals surface area contributed by atoms with Crippen molar-refractivity contribution in [1.82, 2.24) is 19.6 Å². The average molecular weight is 458 g/mol. The molecule has 5 rings (SSSR count). The van der Waals surface area contributed by atoms with Gasteiger partial charge in [-0.1, -0.05) is 42.4 Å². The Morgan fingerprint density at radius 1 is 1.27 bits per heavy atom. The number of amides is 1. The number of nitrogens with one attached hydrogen (secondary N) is 1. The van der Waals surface area contributed by atoms with Gasteiger partial charge >= 0.3 is 0 Å². The Kier molecular flexibility index (Phi) is 5.39. The standard InChI is InChI=1S/C21H20ClN5OS2/c1-2-16-24-20-18(12-7-3-6-10-15(12)30-20)19-25-26-21(27(16)19)29-11-17(28)23-14-9-5-4-8-13(14)22/h4-5,8-9H,2-3,6-7,10-11H2,1H3,(H,23,28). The maximum atomic E-state index is 12.5. The van der Waals surface area contributed by atoms with Gasteiger partial charge in [-0.25, -0.2) is 4.98 Å². The second kappa shape index (κ2) is 8.17. The van der Waals surface area contributed by atoms with Crippen molar-refractivity contribution in [3.05, 3.63) is 45.6 Å². The predicted molar refractivity (Wildman–Crippen MR) is 123 cm³/mol. The van der Waals surface area contributed by atoms with Gasteiger partial charge in [0.25, 0.3) is 0 Å². The summed E-state index contributed by atoms with van der Waals surface area (Å²) >= 11 is 9.30. The number of para-hydroxylation sites is 1. The van der Waals surface area contributed by atoms with Crippen molar-refractivity contribution in [2.45, 2.75) is 44.2 Å². The zero-order chi connectivity index (χ0) is 20.7. The lowest BCUT2D eigenvalue weighted by Crippen LogP contribution is -2.14. The van der Waals surface area contributed by atoms with Gasteiger partial charge in [0.15, 0.2) is 10.8 Å². The fraction of sp³-hybridized carbons (Fsp3) is 0.333. The number of thioether (sulfide) groups is 1. The smallest absolute Gasteiger partial charge is 0.234 e. The van der Waals surface area contributed by atoms with Crippen LogP contribution in [0.3, 0.4) is 0 Å². The first-order valence-corrected chi connectivity index (χ1v) is 12.2. The van der Waals surface area contributed by atoms with E-state index in [0.717, 1.165) is 41.0 Å². The predicted octanol–water partition coefficient (Wildman–Crippen LogP) is 5.16.